The van der Waals surface area contributed by atoms with Crippen molar-refractivity contribution in [1.82, 2.24) is 0 Å². The Bertz CT molecular complexity index is 446. The summed E-state index contributed by atoms with van der Waals surface area (Å²) in [5.41, 5.74) is 7.23. The highest BCUT2D eigenvalue weighted by atomic mass is 16.5. The zero-order chi connectivity index (χ0) is 12.4. The average molecular weight is 236 g/mol. The van der Waals surface area contributed by atoms with Crippen molar-refractivity contribution in [3.8, 4) is 11.5 Å². The van der Waals surface area contributed by atoms with Crippen LogP contribution in [0.2, 0.25) is 0 Å². The molecule has 1 aromatic rings. The maximum absolute atomic E-state index is 11.5. The summed E-state index contributed by atoms with van der Waals surface area (Å²) < 4.78 is 10.9. The number of rotatable bonds is 4. The smallest absolute Gasteiger partial charge is 0.245 e. The zero-order valence-electron chi connectivity index (χ0n) is 9.95. The van der Waals surface area contributed by atoms with Crippen molar-refractivity contribution in [2.75, 3.05) is 18.5 Å². The van der Waals surface area contributed by atoms with Crippen molar-refractivity contribution in [2.24, 2.45) is 5.73 Å². The van der Waals surface area contributed by atoms with Gasteiger partial charge in [0.25, 0.3) is 0 Å². The predicted octanol–water partition coefficient (Wildman–Crippen LogP) is 1.44. The highest BCUT2D eigenvalue weighted by Gasteiger charge is 2.29. The molecule has 3 N–H and O–H groups in total. The largest absolute Gasteiger partial charge is 0.490 e. The van der Waals surface area contributed by atoms with Crippen LogP contribution in [0.5, 0.6) is 11.5 Å². The van der Waals surface area contributed by atoms with E-state index in [4.69, 9.17) is 15.2 Å². The van der Waals surface area contributed by atoms with Gasteiger partial charge < -0.3 is 20.5 Å². The van der Waals surface area contributed by atoms with E-state index in [0.29, 0.717) is 30.4 Å². The summed E-state index contributed by atoms with van der Waals surface area (Å²) in [5.74, 6) is 1.05. The summed E-state index contributed by atoms with van der Waals surface area (Å²) >= 11 is 0. The van der Waals surface area contributed by atoms with Crippen LogP contribution in [-0.4, -0.2) is 19.1 Å². The molecule has 1 atom stereocenters. The first-order valence-corrected chi connectivity index (χ1v) is 5.67. The fraction of sp³-hybridized carbons (Fsp3) is 0.417. The third-order valence-corrected chi connectivity index (χ3v) is 2.59. The number of nitrogens with one attached hydrogen (secondary N) is 1. The minimum absolute atomic E-state index is 0.198. The fourth-order valence-corrected chi connectivity index (χ4v) is 1.83. The lowest BCUT2D eigenvalue weighted by atomic mass is 10.1. The molecule has 0 aromatic heterocycles. The second kappa shape index (κ2) is 4.63. The van der Waals surface area contributed by atoms with Crippen LogP contribution >= 0.6 is 0 Å². The van der Waals surface area contributed by atoms with Gasteiger partial charge in [-0.05, 0) is 19.9 Å². The second-order valence-corrected chi connectivity index (χ2v) is 3.72. The molecule has 5 nitrogen and oxygen atoms in total. The standard InChI is InChI=1S/C12H16N2O3/c1-3-16-9-5-7-8(6-10(9)17-4-2)14-12(15)11(7)13/h5-6,11H,3-4,13H2,1-2H3,(H,14,15). The SMILES string of the molecule is CCOc1cc2c(cc1OCC)C(N)C(=O)N2. The van der Waals surface area contributed by atoms with Crippen molar-refractivity contribution >= 4 is 11.6 Å². The molecule has 0 spiro atoms. The van der Waals surface area contributed by atoms with E-state index in [1.165, 1.54) is 0 Å². The molecule has 0 aliphatic carbocycles. The molecule has 5 heteroatoms. The molecule has 1 heterocycles. The molecule has 0 radical (unpaired) electrons. The Morgan fingerprint density at radius 2 is 1.82 bits per heavy atom. The van der Waals surface area contributed by atoms with Gasteiger partial charge in [0, 0.05) is 11.6 Å². The van der Waals surface area contributed by atoms with Crippen molar-refractivity contribution in [1.29, 1.82) is 0 Å². The molecule has 0 fully saturated rings. The molecule has 92 valence electrons. The van der Waals surface area contributed by atoms with Gasteiger partial charge in [-0.15, -0.1) is 0 Å². The van der Waals surface area contributed by atoms with Gasteiger partial charge in [0.15, 0.2) is 11.5 Å². The summed E-state index contributed by atoms with van der Waals surface area (Å²) in [6.07, 6.45) is 0. The van der Waals surface area contributed by atoms with E-state index < -0.39 is 6.04 Å². The molecule has 1 unspecified atom stereocenters. The Kier molecular flexibility index (Phi) is 3.19. The summed E-state index contributed by atoms with van der Waals surface area (Å²) in [6, 6.07) is 2.90. The van der Waals surface area contributed by atoms with Gasteiger partial charge in [0.1, 0.15) is 6.04 Å². The number of carbonyl (C=O) groups is 1. The van der Waals surface area contributed by atoms with Crippen LogP contribution in [0.3, 0.4) is 0 Å². The van der Waals surface area contributed by atoms with Crippen LogP contribution in [-0.2, 0) is 4.79 Å². The molecular formula is C12H16N2O3. The molecule has 0 saturated heterocycles. The summed E-state index contributed by atoms with van der Waals surface area (Å²) in [5, 5.41) is 2.72. The van der Waals surface area contributed by atoms with Crippen LogP contribution in [0.25, 0.3) is 0 Å². The molecular weight excluding hydrogens is 220 g/mol. The Hall–Kier alpha value is -1.75. The molecule has 1 aliphatic heterocycles. The molecule has 0 bridgehead atoms. The van der Waals surface area contributed by atoms with Crippen molar-refractivity contribution in [3.05, 3.63) is 17.7 Å². The summed E-state index contributed by atoms with van der Waals surface area (Å²) in [4.78, 5) is 11.5. The normalized spacial score (nSPS) is 17.6. The van der Waals surface area contributed by atoms with E-state index in [0.717, 1.165) is 5.56 Å². The zero-order valence-corrected chi connectivity index (χ0v) is 9.95. The molecule has 2 rings (SSSR count). The van der Waals surface area contributed by atoms with Gasteiger partial charge in [-0.2, -0.15) is 0 Å². The fourth-order valence-electron chi connectivity index (χ4n) is 1.83. The maximum atomic E-state index is 11.5. The Morgan fingerprint density at radius 1 is 1.24 bits per heavy atom. The van der Waals surface area contributed by atoms with Crippen molar-refractivity contribution in [2.45, 2.75) is 19.9 Å². The van der Waals surface area contributed by atoms with Gasteiger partial charge in [0.05, 0.1) is 18.9 Å². The lowest BCUT2D eigenvalue weighted by molar-refractivity contribution is -0.116. The first-order chi connectivity index (χ1) is 8.17. The Labute approximate surface area is 99.9 Å². The van der Waals surface area contributed by atoms with E-state index in [9.17, 15) is 4.79 Å². The van der Waals surface area contributed by atoms with E-state index >= 15 is 0 Å². The van der Waals surface area contributed by atoms with Gasteiger partial charge in [-0.3, -0.25) is 4.79 Å². The van der Waals surface area contributed by atoms with Crippen LogP contribution < -0.4 is 20.5 Å². The number of fused-ring (bicyclic) bond motifs is 1. The van der Waals surface area contributed by atoms with Gasteiger partial charge >= 0.3 is 0 Å². The van der Waals surface area contributed by atoms with E-state index in [1.54, 1.807) is 12.1 Å². The van der Waals surface area contributed by atoms with E-state index in [1.807, 2.05) is 13.8 Å². The van der Waals surface area contributed by atoms with Crippen LogP contribution in [0.15, 0.2) is 12.1 Å². The number of ether oxygens (including phenoxy) is 2. The van der Waals surface area contributed by atoms with Gasteiger partial charge in [-0.25, -0.2) is 0 Å². The molecule has 1 aliphatic rings. The summed E-state index contributed by atoms with van der Waals surface area (Å²) in [6.45, 7) is 4.87. The third kappa shape index (κ3) is 2.06. The van der Waals surface area contributed by atoms with Gasteiger partial charge in [0.2, 0.25) is 5.91 Å². The molecule has 0 saturated carbocycles. The topological polar surface area (TPSA) is 73.6 Å². The summed E-state index contributed by atoms with van der Waals surface area (Å²) in [7, 11) is 0. The number of hydrogen-bond acceptors (Lipinski definition) is 4. The Morgan fingerprint density at radius 3 is 2.41 bits per heavy atom. The lowest BCUT2D eigenvalue weighted by Gasteiger charge is -2.13. The number of nitrogens with two attached hydrogens (primary N) is 1. The number of carbonyl (C=O) groups excluding carboxylic acids is 1. The van der Waals surface area contributed by atoms with E-state index in [-0.39, 0.29) is 5.91 Å². The monoisotopic (exact) mass is 236 g/mol. The molecule has 17 heavy (non-hydrogen) atoms. The third-order valence-electron chi connectivity index (χ3n) is 2.59. The van der Waals surface area contributed by atoms with Crippen molar-refractivity contribution < 1.29 is 14.3 Å². The highest BCUT2D eigenvalue weighted by molar-refractivity contribution is 6.02. The van der Waals surface area contributed by atoms with Crippen LogP contribution in [0.4, 0.5) is 5.69 Å². The van der Waals surface area contributed by atoms with Crippen LogP contribution in [0.1, 0.15) is 25.5 Å². The molecule has 1 amide bonds. The van der Waals surface area contributed by atoms with Gasteiger partial charge in [-0.1, -0.05) is 0 Å². The number of anilines is 1. The quantitative estimate of drug-likeness (QED) is 0.829. The predicted molar refractivity (Wildman–Crippen MR) is 64.3 cm³/mol. The highest BCUT2D eigenvalue weighted by Crippen LogP contribution is 2.39. The first-order valence-electron chi connectivity index (χ1n) is 5.67. The minimum Gasteiger partial charge on any atom is -0.490 e. The lowest BCUT2D eigenvalue weighted by Crippen LogP contribution is -2.19. The molecule has 1 aromatic carbocycles. The van der Waals surface area contributed by atoms with Crippen LogP contribution in [0, 0.1) is 0 Å². The van der Waals surface area contributed by atoms with Crippen molar-refractivity contribution in [3.63, 3.8) is 0 Å². The number of hydrogen-bond donors (Lipinski definition) is 2. The van der Waals surface area contributed by atoms with E-state index in [2.05, 4.69) is 5.32 Å². The maximum Gasteiger partial charge on any atom is 0.245 e. The average Bonchev–Trinajstić information content (AvgIpc) is 2.57. The Balaban J connectivity index is 2.42. The number of benzene rings is 1. The first kappa shape index (κ1) is 11.7. The number of amides is 1. The second-order valence-electron chi connectivity index (χ2n) is 3.72. The minimum atomic E-state index is -0.625.